The third kappa shape index (κ3) is 2.86. The Morgan fingerprint density at radius 1 is 1.42 bits per heavy atom. The Labute approximate surface area is 109 Å². The van der Waals surface area contributed by atoms with Gasteiger partial charge in [0.15, 0.2) is 5.58 Å². The van der Waals surface area contributed by atoms with Crippen molar-refractivity contribution < 1.29 is 17.9 Å². The number of H-pyrrole nitrogens is 1. The molecule has 0 saturated heterocycles. The van der Waals surface area contributed by atoms with Crippen molar-refractivity contribution in [2.24, 2.45) is 0 Å². The molecule has 0 unspecified atom stereocenters. The summed E-state index contributed by atoms with van der Waals surface area (Å²) in [6, 6.07) is 4.03. The highest BCUT2D eigenvalue weighted by Crippen LogP contribution is 2.18. The minimum absolute atomic E-state index is 0.0152. The molecule has 0 aliphatic rings. The smallest absolute Gasteiger partial charge is 0.408 e. The van der Waals surface area contributed by atoms with Crippen LogP contribution in [0.1, 0.15) is 13.8 Å². The first-order chi connectivity index (χ1) is 8.73. The predicted molar refractivity (Wildman–Crippen MR) is 68.3 cm³/mol. The summed E-state index contributed by atoms with van der Waals surface area (Å²) in [7, 11) is -3.79. The number of aromatic amines is 1. The van der Waals surface area contributed by atoms with Crippen LogP contribution in [-0.2, 0) is 10.0 Å². The van der Waals surface area contributed by atoms with Gasteiger partial charge >= 0.3 is 5.76 Å². The molecule has 8 heteroatoms. The van der Waals surface area contributed by atoms with Gasteiger partial charge in [0.1, 0.15) is 0 Å². The monoisotopic (exact) mass is 286 g/mol. The Balaban J connectivity index is 2.45. The molecule has 0 bridgehead atoms. The quantitative estimate of drug-likeness (QED) is 0.741. The number of nitrogens with one attached hydrogen (secondary N) is 2. The zero-order valence-corrected chi connectivity index (χ0v) is 11.2. The van der Waals surface area contributed by atoms with Crippen LogP contribution in [0.4, 0.5) is 0 Å². The highest BCUT2D eigenvalue weighted by atomic mass is 32.2. The molecule has 7 nitrogen and oxygen atoms in total. The van der Waals surface area contributed by atoms with E-state index in [1.165, 1.54) is 18.2 Å². The average molecular weight is 286 g/mol. The Morgan fingerprint density at radius 2 is 2.11 bits per heavy atom. The van der Waals surface area contributed by atoms with E-state index in [1.807, 2.05) is 0 Å². The summed E-state index contributed by atoms with van der Waals surface area (Å²) in [5, 5.41) is 9.09. The molecule has 104 valence electrons. The summed E-state index contributed by atoms with van der Waals surface area (Å²) in [5.41, 5.74) is -0.391. The number of aliphatic hydroxyl groups excluding tert-OH is 1. The van der Waals surface area contributed by atoms with E-state index in [1.54, 1.807) is 13.8 Å². The number of hydrogen-bond donors (Lipinski definition) is 3. The second-order valence-electron chi connectivity index (χ2n) is 4.82. The van der Waals surface area contributed by atoms with Gasteiger partial charge in [0, 0.05) is 0 Å². The largest absolute Gasteiger partial charge is 0.417 e. The highest BCUT2D eigenvalue weighted by Gasteiger charge is 2.25. The first-order valence-electron chi connectivity index (χ1n) is 5.51. The van der Waals surface area contributed by atoms with Crippen molar-refractivity contribution in [2.45, 2.75) is 24.3 Å². The van der Waals surface area contributed by atoms with Gasteiger partial charge in [-0.2, -0.15) is 0 Å². The lowest BCUT2D eigenvalue weighted by Gasteiger charge is -2.23. The maximum atomic E-state index is 12.1. The van der Waals surface area contributed by atoms with Crippen LogP contribution < -0.4 is 10.5 Å². The first kappa shape index (κ1) is 13.8. The van der Waals surface area contributed by atoms with Crippen molar-refractivity contribution in [1.29, 1.82) is 0 Å². The predicted octanol–water partition coefficient (Wildman–Crippen LogP) is 0.170. The molecule has 2 aromatic rings. The molecule has 3 N–H and O–H groups in total. The summed E-state index contributed by atoms with van der Waals surface area (Å²) in [4.78, 5) is 13.4. The molecule has 1 aromatic carbocycles. The van der Waals surface area contributed by atoms with Gasteiger partial charge < -0.3 is 9.52 Å². The first-order valence-corrected chi connectivity index (χ1v) is 6.99. The van der Waals surface area contributed by atoms with E-state index in [-0.39, 0.29) is 17.1 Å². The lowest BCUT2D eigenvalue weighted by molar-refractivity contribution is 0.208. The fraction of sp³-hybridized carbons (Fsp3) is 0.364. The van der Waals surface area contributed by atoms with Gasteiger partial charge in [0.25, 0.3) is 0 Å². The van der Waals surface area contributed by atoms with E-state index in [9.17, 15) is 13.2 Å². The Bertz CT molecular complexity index is 757. The van der Waals surface area contributed by atoms with Crippen LogP contribution in [0.3, 0.4) is 0 Å². The van der Waals surface area contributed by atoms with Crippen LogP contribution in [0.25, 0.3) is 11.1 Å². The molecular formula is C11H14N2O5S. The molecule has 0 radical (unpaired) electrons. The minimum Gasteiger partial charge on any atom is -0.408 e. The Kier molecular flexibility index (Phi) is 3.25. The molecule has 1 heterocycles. The van der Waals surface area contributed by atoms with Crippen LogP contribution in [0, 0.1) is 0 Å². The summed E-state index contributed by atoms with van der Waals surface area (Å²) in [6.07, 6.45) is 0. The van der Waals surface area contributed by atoms with Gasteiger partial charge in [-0.15, -0.1) is 0 Å². The van der Waals surface area contributed by atoms with Crippen LogP contribution in [-0.4, -0.2) is 30.7 Å². The Morgan fingerprint density at radius 3 is 2.74 bits per heavy atom. The molecular weight excluding hydrogens is 272 g/mol. The third-order valence-electron chi connectivity index (χ3n) is 2.51. The number of aromatic nitrogens is 1. The average Bonchev–Trinajstić information content (AvgIpc) is 2.66. The van der Waals surface area contributed by atoms with Gasteiger partial charge in [0.05, 0.1) is 22.6 Å². The van der Waals surface area contributed by atoms with Gasteiger partial charge in [-0.3, -0.25) is 4.98 Å². The van der Waals surface area contributed by atoms with Crippen LogP contribution in [0.5, 0.6) is 0 Å². The van der Waals surface area contributed by atoms with Gasteiger partial charge in [0.2, 0.25) is 10.0 Å². The highest BCUT2D eigenvalue weighted by molar-refractivity contribution is 7.89. The minimum atomic E-state index is -3.79. The molecule has 0 amide bonds. The number of sulfonamides is 1. The van der Waals surface area contributed by atoms with E-state index >= 15 is 0 Å². The normalized spacial score (nSPS) is 13.0. The second-order valence-corrected chi connectivity index (χ2v) is 6.50. The standard InChI is InChI=1S/C11H14N2O5S/c1-11(2,6-14)13-19(16,17)7-3-4-9-8(5-7)12-10(15)18-9/h3-5,13-14H,6H2,1-2H3,(H,12,15). The number of benzene rings is 1. The van der Waals surface area contributed by atoms with Crippen LogP contribution in [0.15, 0.2) is 32.3 Å². The van der Waals surface area contributed by atoms with Crippen molar-refractivity contribution >= 4 is 21.1 Å². The summed E-state index contributed by atoms with van der Waals surface area (Å²) < 4.78 is 31.4. The fourth-order valence-corrected chi connectivity index (χ4v) is 2.98. The van der Waals surface area contributed by atoms with Gasteiger partial charge in [-0.25, -0.2) is 17.9 Å². The van der Waals surface area contributed by atoms with Crippen molar-refractivity contribution in [2.75, 3.05) is 6.61 Å². The zero-order valence-electron chi connectivity index (χ0n) is 10.4. The molecule has 0 spiro atoms. The lowest BCUT2D eigenvalue weighted by Crippen LogP contribution is -2.46. The molecule has 0 saturated carbocycles. The van der Waals surface area contributed by atoms with Crippen molar-refractivity contribution in [1.82, 2.24) is 9.71 Å². The lowest BCUT2D eigenvalue weighted by atomic mass is 10.1. The SMILES string of the molecule is CC(C)(CO)NS(=O)(=O)c1ccc2oc(=O)[nH]c2c1. The fourth-order valence-electron chi connectivity index (χ4n) is 1.55. The number of fused-ring (bicyclic) bond motifs is 1. The maximum Gasteiger partial charge on any atom is 0.417 e. The summed E-state index contributed by atoms with van der Waals surface area (Å²) in [6.45, 7) is 2.78. The molecule has 19 heavy (non-hydrogen) atoms. The molecule has 0 aliphatic heterocycles. The van der Waals surface area contributed by atoms with Crippen molar-refractivity contribution in [3.63, 3.8) is 0 Å². The number of rotatable bonds is 4. The molecule has 0 fully saturated rings. The maximum absolute atomic E-state index is 12.1. The van der Waals surface area contributed by atoms with Crippen LogP contribution >= 0.6 is 0 Å². The van der Waals surface area contributed by atoms with Crippen LogP contribution in [0.2, 0.25) is 0 Å². The van der Waals surface area contributed by atoms with Crippen molar-refractivity contribution in [3.05, 3.63) is 28.7 Å². The van der Waals surface area contributed by atoms with E-state index < -0.39 is 21.3 Å². The van der Waals surface area contributed by atoms with Gasteiger partial charge in [-0.1, -0.05) is 0 Å². The number of aliphatic hydroxyl groups is 1. The van der Waals surface area contributed by atoms with E-state index in [4.69, 9.17) is 9.52 Å². The summed E-state index contributed by atoms with van der Waals surface area (Å²) in [5.74, 6) is -0.645. The third-order valence-corrected chi connectivity index (χ3v) is 4.20. The van der Waals surface area contributed by atoms with E-state index in [0.717, 1.165) is 0 Å². The molecule has 0 aliphatic carbocycles. The number of hydrogen-bond acceptors (Lipinski definition) is 5. The van der Waals surface area contributed by atoms with Crippen molar-refractivity contribution in [3.8, 4) is 0 Å². The number of oxazole rings is 1. The zero-order chi connectivity index (χ0) is 14.3. The molecule has 2 rings (SSSR count). The molecule has 0 atom stereocenters. The molecule has 1 aromatic heterocycles. The summed E-state index contributed by atoms with van der Waals surface area (Å²) >= 11 is 0. The van der Waals surface area contributed by atoms with Gasteiger partial charge in [-0.05, 0) is 32.0 Å². The van der Waals surface area contributed by atoms with E-state index in [0.29, 0.717) is 5.52 Å². The van der Waals surface area contributed by atoms with E-state index in [2.05, 4.69) is 9.71 Å². The topological polar surface area (TPSA) is 112 Å². The second kappa shape index (κ2) is 4.48. The Hall–Kier alpha value is -1.64.